The molecular formula is C12H15N5O2S. The summed E-state index contributed by atoms with van der Waals surface area (Å²) in [6.45, 7) is 3.85. The fourth-order valence-electron chi connectivity index (χ4n) is 2.42. The maximum absolute atomic E-state index is 11.1. The molecule has 0 aliphatic heterocycles. The van der Waals surface area contributed by atoms with Crippen molar-refractivity contribution < 1.29 is 9.90 Å². The summed E-state index contributed by atoms with van der Waals surface area (Å²) in [6.07, 6.45) is 2.13. The summed E-state index contributed by atoms with van der Waals surface area (Å²) in [7, 11) is 0. The van der Waals surface area contributed by atoms with Gasteiger partial charge in [0.25, 0.3) is 0 Å². The lowest BCUT2D eigenvalue weighted by Gasteiger charge is -2.15. The van der Waals surface area contributed by atoms with Gasteiger partial charge in [0.1, 0.15) is 0 Å². The Morgan fingerprint density at radius 2 is 2.25 bits per heavy atom. The van der Waals surface area contributed by atoms with Gasteiger partial charge in [-0.1, -0.05) is 0 Å². The van der Waals surface area contributed by atoms with Crippen LogP contribution in [0.4, 0.5) is 0 Å². The zero-order chi connectivity index (χ0) is 14.3. The van der Waals surface area contributed by atoms with E-state index < -0.39 is 5.97 Å². The quantitative estimate of drug-likeness (QED) is 0.904. The van der Waals surface area contributed by atoms with Crippen molar-refractivity contribution in [2.24, 2.45) is 5.92 Å². The number of hydrogen-bond acceptors (Lipinski definition) is 6. The van der Waals surface area contributed by atoms with Crippen LogP contribution in [-0.4, -0.2) is 36.3 Å². The van der Waals surface area contributed by atoms with Crippen LogP contribution in [0.1, 0.15) is 36.0 Å². The highest BCUT2D eigenvalue weighted by atomic mass is 32.1. The summed E-state index contributed by atoms with van der Waals surface area (Å²) in [5.41, 5.74) is 0.883. The molecular weight excluding hydrogens is 278 g/mol. The third-order valence-electron chi connectivity index (χ3n) is 3.46. The first-order chi connectivity index (χ1) is 9.56. The molecule has 2 aromatic heterocycles. The van der Waals surface area contributed by atoms with Gasteiger partial charge in [0, 0.05) is 0 Å². The number of tetrazole rings is 1. The summed E-state index contributed by atoms with van der Waals surface area (Å²) in [5, 5.41) is 21.9. The molecule has 1 aliphatic rings. The number of aliphatic carboxylic acids is 1. The zero-order valence-corrected chi connectivity index (χ0v) is 12.1. The molecule has 0 aromatic carbocycles. The first-order valence-electron chi connectivity index (χ1n) is 6.50. The predicted molar refractivity (Wildman–Crippen MR) is 72.4 cm³/mol. The number of carboxylic acid groups (broad SMARTS) is 1. The summed E-state index contributed by atoms with van der Waals surface area (Å²) in [5.74, 6) is 0.175. The lowest BCUT2D eigenvalue weighted by molar-refractivity contribution is -0.138. The van der Waals surface area contributed by atoms with Gasteiger partial charge in [0.15, 0.2) is 5.82 Å². The van der Waals surface area contributed by atoms with Crippen molar-refractivity contribution in [2.75, 3.05) is 0 Å². The van der Waals surface area contributed by atoms with Crippen LogP contribution in [0.2, 0.25) is 0 Å². The monoisotopic (exact) mass is 293 g/mol. The van der Waals surface area contributed by atoms with E-state index in [2.05, 4.69) is 20.5 Å². The van der Waals surface area contributed by atoms with Gasteiger partial charge in [-0.05, 0) is 43.0 Å². The van der Waals surface area contributed by atoms with Gasteiger partial charge in [-0.3, -0.25) is 4.79 Å². The van der Waals surface area contributed by atoms with E-state index in [4.69, 9.17) is 5.11 Å². The molecule has 2 aromatic rings. The van der Waals surface area contributed by atoms with Crippen LogP contribution in [0.3, 0.4) is 0 Å². The third kappa shape index (κ3) is 2.43. The molecule has 106 valence electrons. The summed E-state index contributed by atoms with van der Waals surface area (Å²) in [4.78, 5) is 16.4. The highest BCUT2D eigenvalue weighted by Crippen LogP contribution is 2.43. The van der Waals surface area contributed by atoms with Crippen LogP contribution in [0.25, 0.3) is 10.7 Å². The van der Waals surface area contributed by atoms with E-state index in [1.807, 2.05) is 13.8 Å². The SMILES string of the molecule is Cc1nc(C)c(-c2nnnn2C(CC(=O)O)C2CC2)s1. The Balaban J connectivity index is 2.00. The topological polar surface area (TPSA) is 93.8 Å². The first kappa shape index (κ1) is 13.2. The molecule has 2 heterocycles. The fourth-order valence-corrected chi connectivity index (χ4v) is 3.31. The number of thiazole rings is 1. The summed E-state index contributed by atoms with van der Waals surface area (Å²) >= 11 is 1.53. The number of aryl methyl sites for hydroxylation is 2. The van der Waals surface area contributed by atoms with Gasteiger partial charge in [-0.15, -0.1) is 16.4 Å². The molecule has 0 amide bonds. The van der Waals surface area contributed by atoms with Gasteiger partial charge in [-0.2, -0.15) is 0 Å². The molecule has 1 fully saturated rings. The lowest BCUT2D eigenvalue weighted by Crippen LogP contribution is -2.18. The van der Waals surface area contributed by atoms with E-state index in [0.717, 1.165) is 28.4 Å². The number of rotatable bonds is 5. The number of hydrogen-bond donors (Lipinski definition) is 1. The molecule has 0 bridgehead atoms. The normalized spacial score (nSPS) is 16.3. The maximum Gasteiger partial charge on any atom is 0.305 e. The highest BCUT2D eigenvalue weighted by molar-refractivity contribution is 7.15. The number of carboxylic acids is 1. The molecule has 20 heavy (non-hydrogen) atoms. The maximum atomic E-state index is 11.1. The second-order valence-corrected chi connectivity index (χ2v) is 6.30. The summed E-state index contributed by atoms with van der Waals surface area (Å²) in [6, 6.07) is -0.167. The fraction of sp³-hybridized carbons (Fsp3) is 0.583. The second kappa shape index (κ2) is 4.93. The molecule has 0 spiro atoms. The molecule has 0 saturated heterocycles. The zero-order valence-electron chi connectivity index (χ0n) is 11.3. The van der Waals surface area contributed by atoms with E-state index in [1.165, 1.54) is 11.3 Å². The molecule has 0 radical (unpaired) electrons. The molecule has 1 atom stereocenters. The van der Waals surface area contributed by atoms with E-state index >= 15 is 0 Å². The van der Waals surface area contributed by atoms with E-state index in [-0.39, 0.29) is 12.5 Å². The van der Waals surface area contributed by atoms with Crippen LogP contribution < -0.4 is 0 Å². The Morgan fingerprint density at radius 3 is 2.80 bits per heavy atom. The van der Waals surface area contributed by atoms with Gasteiger partial charge in [0.2, 0.25) is 0 Å². The van der Waals surface area contributed by atoms with Gasteiger partial charge in [-0.25, -0.2) is 9.67 Å². The Bertz CT molecular complexity index is 646. The Morgan fingerprint density at radius 1 is 1.50 bits per heavy atom. The molecule has 8 heteroatoms. The van der Waals surface area contributed by atoms with Crippen molar-refractivity contribution in [2.45, 2.75) is 39.2 Å². The van der Waals surface area contributed by atoms with Crippen LogP contribution in [-0.2, 0) is 4.79 Å². The average Bonchev–Trinajstić information content (AvgIpc) is 3.00. The van der Waals surface area contributed by atoms with Crippen molar-refractivity contribution in [1.82, 2.24) is 25.2 Å². The number of carbonyl (C=O) groups is 1. The largest absolute Gasteiger partial charge is 0.481 e. The third-order valence-corrected chi connectivity index (χ3v) is 4.53. The Hall–Kier alpha value is -1.83. The lowest BCUT2D eigenvalue weighted by atomic mass is 10.1. The Kier molecular flexibility index (Phi) is 3.25. The van der Waals surface area contributed by atoms with Gasteiger partial charge >= 0.3 is 5.97 Å². The minimum atomic E-state index is -0.819. The molecule has 1 saturated carbocycles. The van der Waals surface area contributed by atoms with Crippen molar-refractivity contribution in [3.05, 3.63) is 10.7 Å². The van der Waals surface area contributed by atoms with E-state index in [9.17, 15) is 4.79 Å². The van der Waals surface area contributed by atoms with Crippen molar-refractivity contribution in [3.8, 4) is 10.7 Å². The molecule has 1 N–H and O–H groups in total. The predicted octanol–water partition coefficient (Wildman–Crippen LogP) is 1.84. The minimum Gasteiger partial charge on any atom is -0.481 e. The molecule has 3 rings (SSSR count). The van der Waals surface area contributed by atoms with Gasteiger partial charge in [0.05, 0.1) is 28.0 Å². The summed E-state index contributed by atoms with van der Waals surface area (Å²) < 4.78 is 1.67. The number of aromatic nitrogens is 5. The second-order valence-electron chi connectivity index (χ2n) is 5.10. The molecule has 7 nitrogen and oxygen atoms in total. The minimum absolute atomic E-state index is 0.0551. The van der Waals surface area contributed by atoms with Gasteiger partial charge < -0.3 is 5.11 Å². The molecule has 1 unspecified atom stereocenters. The first-order valence-corrected chi connectivity index (χ1v) is 7.32. The van der Waals surface area contributed by atoms with Crippen molar-refractivity contribution >= 4 is 17.3 Å². The standard InChI is InChI=1S/C12H15N5O2S/c1-6-11(20-7(2)13-6)12-14-15-16-17(12)9(5-10(18)19)8-3-4-8/h8-9H,3-5H2,1-2H3,(H,18,19). The van der Waals surface area contributed by atoms with Crippen LogP contribution in [0.15, 0.2) is 0 Å². The van der Waals surface area contributed by atoms with Crippen LogP contribution in [0.5, 0.6) is 0 Å². The Labute approximate surface area is 119 Å². The average molecular weight is 293 g/mol. The molecule has 1 aliphatic carbocycles. The van der Waals surface area contributed by atoms with Crippen LogP contribution in [0, 0.1) is 19.8 Å². The smallest absolute Gasteiger partial charge is 0.305 e. The number of nitrogens with zero attached hydrogens (tertiary/aromatic N) is 5. The van der Waals surface area contributed by atoms with E-state index in [1.54, 1.807) is 4.68 Å². The highest BCUT2D eigenvalue weighted by Gasteiger charge is 2.36. The van der Waals surface area contributed by atoms with Crippen LogP contribution >= 0.6 is 11.3 Å². The van der Waals surface area contributed by atoms with Crippen molar-refractivity contribution in [1.29, 1.82) is 0 Å². The van der Waals surface area contributed by atoms with Crippen molar-refractivity contribution in [3.63, 3.8) is 0 Å². The van der Waals surface area contributed by atoms with E-state index in [0.29, 0.717) is 11.7 Å².